The Hall–Kier alpha value is -2.68. The molecule has 0 spiro atoms. The molecule has 9 heteroatoms. The van der Waals surface area contributed by atoms with Crippen molar-refractivity contribution in [2.75, 3.05) is 5.75 Å². The van der Waals surface area contributed by atoms with Gasteiger partial charge >= 0.3 is 0 Å². The lowest BCUT2D eigenvalue weighted by Crippen LogP contribution is -2.34. The van der Waals surface area contributed by atoms with Gasteiger partial charge in [0.15, 0.2) is 5.16 Å². The molecule has 3 aromatic rings. The lowest BCUT2D eigenvalue weighted by molar-refractivity contribution is -0.119. The van der Waals surface area contributed by atoms with Gasteiger partial charge in [-0.25, -0.2) is 14.6 Å². The zero-order valence-electron chi connectivity index (χ0n) is 16.9. The third-order valence-corrected chi connectivity index (χ3v) is 5.46. The number of rotatable bonds is 9. The fourth-order valence-corrected chi connectivity index (χ4v) is 3.86. The van der Waals surface area contributed by atoms with Gasteiger partial charge in [0.05, 0.1) is 16.7 Å². The standard InChI is InChI=1S/C20H26N6O2S/c1-13(2)7-6-8-14(3)23-17(27)11-29-20-24-16-10-5-4-9-15(16)18(28)26(20)19-21-12-22-25-19/h4-5,9-10,12-14H,6-8,11H2,1-3H3,(H,23,27)(H,21,22,25)/t14-/m1/s1. The molecule has 8 nitrogen and oxygen atoms in total. The fraction of sp³-hybridized carbons (Fsp3) is 0.450. The Labute approximate surface area is 173 Å². The minimum absolute atomic E-state index is 0.0847. The number of carbonyl (C=O) groups is 1. The highest BCUT2D eigenvalue weighted by Crippen LogP contribution is 2.19. The second-order valence-corrected chi connectivity index (χ2v) is 8.39. The summed E-state index contributed by atoms with van der Waals surface area (Å²) < 4.78 is 1.36. The van der Waals surface area contributed by atoms with Crippen LogP contribution >= 0.6 is 11.8 Å². The number of aromatic nitrogens is 5. The van der Waals surface area contributed by atoms with E-state index >= 15 is 0 Å². The molecule has 154 valence electrons. The van der Waals surface area contributed by atoms with Gasteiger partial charge in [-0.15, -0.1) is 0 Å². The smallest absolute Gasteiger partial charge is 0.269 e. The van der Waals surface area contributed by atoms with Crippen LogP contribution in [0.25, 0.3) is 16.9 Å². The molecule has 29 heavy (non-hydrogen) atoms. The molecular weight excluding hydrogens is 388 g/mol. The summed E-state index contributed by atoms with van der Waals surface area (Å²) >= 11 is 1.21. The highest BCUT2D eigenvalue weighted by molar-refractivity contribution is 7.99. The van der Waals surface area contributed by atoms with Gasteiger partial charge in [-0.05, 0) is 31.4 Å². The quantitative estimate of drug-likeness (QED) is 0.412. The van der Waals surface area contributed by atoms with Gasteiger partial charge in [-0.1, -0.05) is 50.6 Å². The summed E-state index contributed by atoms with van der Waals surface area (Å²) in [5.41, 5.74) is 0.329. The Morgan fingerprint density at radius 3 is 2.76 bits per heavy atom. The summed E-state index contributed by atoms with van der Waals surface area (Å²) in [7, 11) is 0. The number of H-pyrrole nitrogens is 1. The summed E-state index contributed by atoms with van der Waals surface area (Å²) in [5.74, 6) is 1.02. The van der Waals surface area contributed by atoms with E-state index in [0.29, 0.717) is 22.0 Å². The maximum absolute atomic E-state index is 13.0. The van der Waals surface area contributed by atoms with Crippen molar-refractivity contribution >= 4 is 28.6 Å². The Bertz CT molecular complexity index is 1020. The Balaban J connectivity index is 1.73. The van der Waals surface area contributed by atoms with Crippen LogP contribution in [0.3, 0.4) is 0 Å². The number of fused-ring (bicyclic) bond motifs is 1. The summed E-state index contributed by atoms with van der Waals surface area (Å²) in [6.45, 7) is 6.41. The molecule has 0 fully saturated rings. The Kier molecular flexibility index (Phi) is 7.03. The molecule has 0 saturated carbocycles. The predicted octanol–water partition coefficient (Wildman–Crippen LogP) is 2.93. The Morgan fingerprint density at radius 2 is 2.03 bits per heavy atom. The Morgan fingerprint density at radius 1 is 1.24 bits per heavy atom. The number of hydrogen-bond acceptors (Lipinski definition) is 6. The molecule has 2 heterocycles. The zero-order valence-corrected chi connectivity index (χ0v) is 17.7. The first kappa shape index (κ1) is 21.0. The number of nitrogens with zero attached hydrogens (tertiary/aromatic N) is 4. The minimum Gasteiger partial charge on any atom is -0.353 e. The van der Waals surface area contributed by atoms with Gasteiger partial charge in [-0.2, -0.15) is 10.1 Å². The number of thioether (sulfide) groups is 1. The van der Waals surface area contributed by atoms with E-state index in [0.717, 1.165) is 19.3 Å². The van der Waals surface area contributed by atoms with E-state index < -0.39 is 0 Å². The van der Waals surface area contributed by atoms with Gasteiger partial charge in [0.25, 0.3) is 5.56 Å². The van der Waals surface area contributed by atoms with Crippen molar-refractivity contribution in [2.24, 2.45) is 5.92 Å². The molecule has 0 saturated heterocycles. The van der Waals surface area contributed by atoms with Crippen molar-refractivity contribution in [3.8, 4) is 5.95 Å². The second-order valence-electron chi connectivity index (χ2n) is 7.44. The van der Waals surface area contributed by atoms with E-state index in [2.05, 4.69) is 39.3 Å². The molecule has 2 aromatic heterocycles. The first-order valence-electron chi connectivity index (χ1n) is 9.75. The summed E-state index contributed by atoms with van der Waals surface area (Å²) in [5, 5.41) is 10.4. The maximum Gasteiger partial charge on any atom is 0.269 e. The molecule has 1 aromatic carbocycles. The zero-order chi connectivity index (χ0) is 20.8. The van der Waals surface area contributed by atoms with Crippen molar-refractivity contribution in [3.63, 3.8) is 0 Å². The average molecular weight is 415 g/mol. The molecular formula is C20H26N6O2S. The average Bonchev–Trinajstić information content (AvgIpc) is 3.20. The van der Waals surface area contributed by atoms with E-state index in [4.69, 9.17) is 0 Å². The summed E-state index contributed by atoms with van der Waals surface area (Å²) in [6.07, 6.45) is 4.52. The summed E-state index contributed by atoms with van der Waals surface area (Å²) in [6, 6.07) is 7.23. The van der Waals surface area contributed by atoms with E-state index in [1.165, 1.54) is 22.7 Å². The monoisotopic (exact) mass is 414 g/mol. The molecule has 1 amide bonds. The third-order valence-electron chi connectivity index (χ3n) is 4.52. The molecule has 0 aliphatic rings. The van der Waals surface area contributed by atoms with Crippen molar-refractivity contribution in [1.82, 2.24) is 30.0 Å². The molecule has 0 bridgehead atoms. The van der Waals surface area contributed by atoms with Crippen LogP contribution in [0.4, 0.5) is 0 Å². The largest absolute Gasteiger partial charge is 0.353 e. The van der Waals surface area contributed by atoms with Crippen molar-refractivity contribution in [3.05, 3.63) is 40.9 Å². The molecule has 0 radical (unpaired) electrons. The minimum atomic E-state index is -0.252. The maximum atomic E-state index is 13.0. The first-order chi connectivity index (χ1) is 14.0. The molecule has 1 atom stereocenters. The van der Waals surface area contributed by atoms with Crippen molar-refractivity contribution in [1.29, 1.82) is 0 Å². The van der Waals surface area contributed by atoms with Crippen LogP contribution in [0.2, 0.25) is 0 Å². The molecule has 0 aliphatic heterocycles. The van der Waals surface area contributed by atoms with Gasteiger partial charge in [0.2, 0.25) is 11.9 Å². The molecule has 0 unspecified atom stereocenters. The highest BCUT2D eigenvalue weighted by atomic mass is 32.2. The number of aromatic amines is 1. The summed E-state index contributed by atoms with van der Waals surface area (Å²) in [4.78, 5) is 34.0. The van der Waals surface area contributed by atoms with Crippen LogP contribution in [0.5, 0.6) is 0 Å². The fourth-order valence-electron chi connectivity index (χ4n) is 3.05. The van der Waals surface area contributed by atoms with E-state index in [9.17, 15) is 9.59 Å². The topological polar surface area (TPSA) is 106 Å². The van der Waals surface area contributed by atoms with Crippen LogP contribution in [0, 0.1) is 5.92 Å². The van der Waals surface area contributed by atoms with E-state index in [1.807, 2.05) is 13.0 Å². The highest BCUT2D eigenvalue weighted by Gasteiger charge is 2.17. The number of hydrogen-bond donors (Lipinski definition) is 2. The van der Waals surface area contributed by atoms with Crippen LogP contribution < -0.4 is 10.9 Å². The lowest BCUT2D eigenvalue weighted by atomic mass is 10.0. The number of nitrogens with one attached hydrogen (secondary N) is 2. The van der Waals surface area contributed by atoms with Gasteiger partial charge in [-0.3, -0.25) is 9.59 Å². The lowest BCUT2D eigenvalue weighted by Gasteiger charge is -2.15. The van der Waals surface area contributed by atoms with Crippen molar-refractivity contribution in [2.45, 2.75) is 51.2 Å². The number of para-hydroxylation sites is 1. The molecule has 2 N–H and O–H groups in total. The molecule has 0 aliphatic carbocycles. The predicted molar refractivity (Wildman–Crippen MR) is 114 cm³/mol. The number of benzene rings is 1. The van der Waals surface area contributed by atoms with Crippen LogP contribution in [0.15, 0.2) is 40.5 Å². The van der Waals surface area contributed by atoms with Crippen LogP contribution in [-0.2, 0) is 4.79 Å². The van der Waals surface area contributed by atoms with Crippen molar-refractivity contribution < 1.29 is 4.79 Å². The number of carbonyl (C=O) groups excluding carboxylic acids is 1. The van der Waals surface area contributed by atoms with Gasteiger partial charge < -0.3 is 5.32 Å². The van der Waals surface area contributed by atoms with E-state index in [-0.39, 0.29) is 29.2 Å². The SMILES string of the molecule is CC(C)CCC[C@@H](C)NC(=O)CSc1nc2ccccc2c(=O)n1-c1ncn[nH]1. The van der Waals surface area contributed by atoms with Gasteiger partial charge in [0, 0.05) is 6.04 Å². The first-order valence-corrected chi connectivity index (χ1v) is 10.7. The second kappa shape index (κ2) is 9.69. The normalized spacial score (nSPS) is 12.4. The van der Waals surface area contributed by atoms with Crippen LogP contribution in [0.1, 0.15) is 40.0 Å². The van der Waals surface area contributed by atoms with Crippen LogP contribution in [-0.4, -0.2) is 42.4 Å². The number of amides is 1. The van der Waals surface area contributed by atoms with Gasteiger partial charge in [0.1, 0.15) is 6.33 Å². The third kappa shape index (κ3) is 5.44. The molecule has 3 rings (SSSR count). The van der Waals surface area contributed by atoms with E-state index in [1.54, 1.807) is 18.2 Å².